The van der Waals surface area contributed by atoms with E-state index in [4.69, 9.17) is 9.84 Å². The quantitative estimate of drug-likeness (QED) is 0.733. The molecule has 9 heteroatoms. The molecule has 25 heavy (non-hydrogen) atoms. The van der Waals surface area contributed by atoms with E-state index in [1.807, 2.05) is 0 Å². The number of halogens is 4. The average Bonchev–Trinajstić information content (AvgIpc) is 2.53. The van der Waals surface area contributed by atoms with Gasteiger partial charge in [-0.2, -0.15) is 13.2 Å². The molecule has 2 N–H and O–H groups in total. The maximum absolute atomic E-state index is 13.2. The van der Waals surface area contributed by atoms with E-state index in [1.165, 1.54) is 7.11 Å². The first kappa shape index (κ1) is 19.0. The summed E-state index contributed by atoms with van der Waals surface area (Å²) in [6.07, 6.45) is -3.87. The summed E-state index contributed by atoms with van der Waals surface area (Å²) in [6.45, 7) is 1.65. The van der Waals surface area contributed by atoms with E-state index in [9.17, 15) is 18.0 Å². The molecular formula is C16H14BrF3N2O3. The van der Waals surface area contributed by atoms with Gasteiger partial charge in [-0.25, -0.2) is 9.78 Å². The number of aromatic carboxylic acids is 1. The Morgan fingerprint density at radius 1 is 1.36 bits per heavy atom. The maximum atomic E-state index is 13.2. The highest BCUT2D eigenvalue weighted by Gasteiger charge is 2.35. The summed E-state index contributed by atoms with van der Waals surface area (Å²) in [4.78, 5) is 14.6. The Kier molecular flexibility index (Phi) is 5.56. The van der Waals surface area contributed by atoms with Crippen LogP contribution < -0.4 is 10.1 Å². The summed E-state index contributed by atoms with van der Waals surface area (Å²) >= 11 is 3.31. The van der Waals surface area contributed by atoms with Crippen molar-refractivity contribution in [2.24, 2.45) is 0 Å². The van der Waals surface area contributed by atoms with Gasteiger partial charge in [0.05, 0.1) is 24.3 Å². The number of nitrogens with zero attached hydrogens (tertiary/aromatic N) is 1. The van der Waals surface area contributed by atoms with Crippen LogP contribution >= 0.6 is 15.9 Å². The van der Waals surface area contributed by atoms with Crippen LogP contribution in [-0.2, 0) is 6.18 Å². The van der Waals surface area contributed by atoms with Crippen molar-refractivity contribution in [2.45, 2.75) is 19.1 Å². The molecule has 1 aromatic carbocycles. The Labute approximate surface area is 150 Å². The number of pyridine rings is 1. The maximum Gasteiger partial charge on any atom is 0.419 e. The third-order valence-corrected chi connectivity index (χ3v) is 3.94. The Morgan fingerprint density at radius 3 is 2.60 bits per heavy atom. The van der Waals surface area contributed by atoms with Gasteiger partial charge < -0.3 is 15.2 Å². The molecule has 1 unspecified atom stereocenters. The molecule has 0 saturated carbocycles. The topological polar surface area (TPSA) is 71.5 Å². The Balaban J connectivity index is 2.43. The molecule has 0 radical (unpaired) electrons. The van der Waals surface area contributed by atoms with E-state index in [-0.39, 0.29) is 0 Å². The Morgan fingerprint density at radius 2 is 2.04 bits per heavy atom. The molecule has 2 aromatic rings. The monoisotopic (exact) mass is 418 g/mol. The predicted molar refractivity (Wildman–Crippen MR) is 88.9 cm³/mol. The summed E-state index contributed by atoms with van der Waals surface area (Å²) in [6, 6.07) is 5.13. The number of carbonyl (C=O) groups is 1. The molecule has 0 aliphatic carbocycles. The molecule has 1 atom stereocenters. The van der Waals surface area contributed by atoms with Crippen LogP contribution in [0.2, 0.25) is 0 Å². The van der Waals surface area contributed by atoms with E-state index in [0.717, 1.165) is 10.7 Å². The van der Waals surface area contributed by atoms with Gasteiger partial charge in [-0.15, -0.1) is 0 Å². The first-order chi connectivity index (χ1) is 11.6. The zero-order valence-electron chi connectivity index (χ0n) is 13.2. The number of carboxylic acids is 1. The number of methoxy groups -OCH3 is 1. The molecule has 0 aliphatic heterocycles. The van der Waals surface area contributed by atoms with Crippen molar-refractivity contribution in [3.8, 4) is 5.75 Å². The number of rotatable bonds is 5. The minimum atomic E-state index is -4.75. The van der Waals surface area contributed by atoms with Crippen LogP contribution in [0.15, 0.2) is 34.9 Å². The van der Waals surface area contributed by atoms with Crippen LogP contribution in [0.3, 0.4) is 0 Å². The highest BCUT2D eigenvalue weighted by atomic mass is 79.9. The van der Waals surface area contributed by atoms with Crippen molar-refractivity contribution in [3.63, 3.8) is 0 Å². The fraction of sp³-hybridized carbons (Fsp3) is 0.250. The normalized spacial score (nSPS) is 12.6. The number of ether oxygens (including phenoxy) is 1. The lowest BCUT2D eigenvalue weighted by atomic mass is 10.1. The second-order valence-electron chi connectivity index (χ2n) is 5.18. The lowest BCUT2D eigenvalue weighted by Crippen LogP contribution is -2.16. The van der Waals surface area contributed by atoms with Crippen molar-refractivity contribution in [2.75, 3.05) is 12.4 Å². The zero-order chi connectivity index (χ0) is 18.8. The molecule has 5 nitrogen and oxygen atoms in total. The fourth-order valence-corrected chi connectivity index (χ4v) is 2.62. The minimum absolute atomic E-state index is 0.452. The first-order valence-electron chi connectivity index (χ1n) is 7.04. The number of nitrogens with one attached hydrogen (secondary N) is 1. The van der Waals surface area contributed by atoms with Crippen molar-refractivity contribution >= 4 is 27.7 Å². The van der Waals surface area contributed by atoms with Gasteiger partial charge >= 0.3 is 12.1 Å². The molecule has 134 valence electrons. The number of aromatic nitrogens is 1. The summed E-state index contributed by atoms with van der Waals surface area (Å²) in [7, 11) is 1.46. The van der Waals surface area contributed by atoms with Crippen molar-refractivity contribution in [1.29, 1.82) is 0 Å². The number of alkyl halides is 3. The van der Waals surface area contributed by atoms with Gasteiger partial charge in [-0.1, -0.05) is 15.9 Å². The van der Waals surface area contributed by atoms with Crippen molar-refractivity contribution in [3.05, 3.63) is 51.6 Å². The van der Waals surface area contributed by atoms with Crippen LogP contribution in [0.25, 0.3) is 0 Å². The summed E-state index contributed by atoms with van der Waals surface area (Å²) in [5.74, 6) is -1.43. The van der Waals surface area contributed by atoms with Gasteiger partial charge in [-0.05, 0) is 31.2 Å². The van der Waals surface area contributed by atoms with Crippen molar-refractivity contribution < 1.29 is 27.8 Å². The number of hydrogen-bond donors (Lipinski definition) is 2. The lowest BCUT2D eigenvalue weighted by molar-refractivity contribution is -0.137. The molecule has 1 aromatic heterocycles. The van der Waals surface area contributed by atoms with E-state index in [1.54, 1.807) is 25.1 Å². The first-order valence-corrected chi connectivity index (χ1v) is 7.83. The van der Waals surface area contributed by atoms with Gasteiger partial charge in [-0.3, -0.25) is 0 Å². The van der Waals surface area contributed by atoms with Crippen molar-refractivity contribution in [1.82, 2.24) is 4.98 Å². The van der Waals surface area contributed by atoms with Crippen LogP contribution in [0.1, 0.15) is 34.5 Å². The Hall–Kier alpha value is -2.29. The van der Waals surface area contributed by atoms with E-state index >= 15 is 0 Å². The van der Waals surface area contributed by atoms with Gasteiger partial charge in [0.15, 0.2) is 0 Å². The molecule has 1 heterocycles. The second kappa shape index (κ2) is 7.30. The third kappa shape index (κ3) is 4.41. The molecule has 2 rings (SSSR count). The van der Waals surface area contributed by atoms with E-state index < -0.39 is 35.1 Å². The minimum Gasteiger partial charge on any atom is -0.496 e. The molecule has 0 saturated heterocycles. The summed E-state index contributed by atoms with van der Waals surface area (Å²) < 4.78 is 45.7. The van der Waals surface area contributed by atoms with Gasteiger partial charge in [0, 0.05) is 16.2 Å². The lowest BCUT2D eigenvalue weighted by Gasteiger charge is -2.21. The van der Waals surface area contributed by atoms with E-state index in [2.05, 4.69) is 26.2 Å². The van der Waals surface area contributed by atoms with Gasteiger partial charge in [0.25, 0.3) is 0 Å². The standard InChI is InChI=1S/C16H14BrF3N2O3/c1-8(11-6-10(17)3-4-13(11)25-2)22-14-12(16(18,19)20)5-9(7-21-14)15(23)24/h3-8H,1-2H3,(H,21,22)(H,23,24). The SMILES string of the molecule is COc1ccc(Br)cc1C(C)Nc1ncc(C(=O)O)cc1C(F)(F)F. The highest BCUT2D eigenvalue weighted by molar-refractivity contribution is 9.10. The molecule has 0 spiro atoms. The largest absolute Gasteiger partial charge is 0.496 e. The fourth-order valence-electron chi connectivity index (χ4n) is 2.24. The Bertz CT molecular complexity index is 797. The third-order valence-electron chi connectivity index (χ3n) is 3.45. The van der Waals surface area contributed by atoms with Crippen LogP contribution in [-0.4, -0.2) is 23.2 Å². The smallest absolute Gasteiger partial charge is 0.419 e. The second-order valence-corrected chi connectivity index (χ2v) is 6.09. The highest BCUT2D eigenvalue weighted by Crippen LogP contribution is 2.37. The molecule has 0 bridgehead atoms. The van der Waals surface area contributed by atoms with Gasteiger partial charge in [0.2, 0.25) is 0 Å². The zero-order valence-corrected chi connectivity index (χ0v) is 14.8. The average molecular weight is 419 g/mol. The van der Waals surface area contributed by atoms with Crippen LogP contribution in [0.4, 0.5) is 19.0 Å². The summed E-state index contributed by atoms with van der Waals surface area (Å²) in [5.41, 5.74) is -1.06. The van der Waals surface area contributed by atoms with Crippen LogP contribution in [0, 0.1) is 0 Å². The molecule has 0 aliphatic rings. The van der Waals surface area contributed by atoms with Gasteiger partial charge in [0.1, 0.15) is 11.6 Å². The number of anilines is 1. The number of hydrogen-bond acceptors (Lipinski definition) is 4. The van der Waals surface area contributed by atoms with E-state index in [0.29, 0.717) is 17.4 Å². The summed E-state index contributed by atoms with van der Waals surface area (Å²) in [5, 5.41) is 11.6. The molecule has 0 fully saturated rings. The predicted octanol–water partition coefficient (Wildman–Crippen LogP) is 4.74. The van der Waals surface area contributed by atoms with Crippen LogP contribution in [0.5, 0.6) is 5.75 Å². The molecule has 0 amide bonds. The number of benzene rings is 1. The molecular weight excluding hydrogens is 405 g/mol. The number of carboxylic acid groups (broad SMARTS) is 1.